The number of nitrogens with zero attached hydrogens (tertiary/aromatic N) is 1. The zero-order chi connectivity index (χ0) is 13.1. The minimum Gasteiger partial charge on any atom is -0.444 e. The van der Waals surface area contributed by atoms with E-state index in [1.807, 2.05) is 20.8 Å². The number of rotatable bonds is 0. The second-order valence-corrected chi connectivity index (χ2v) is 6.99. The van der Waals surface area contributed by atoms with Crippen LogP contribution in [0, 0.1) is 23.7 Å². The Hall–Kier alpha value is -1.06. The van der Waals surface area contributed by atoms with E-state index in [2.05, 4.69) is 0 Å². The van der Waals surface area contributed by atoms with E-state index in [1.165, 1.54) is 0 Å². The highest BCUT2D eigenvalue weighted by Crippen LogP contribution is 2.53. The number of ether oxygens (including phenoxy) is 1. The zero-order valence-electron chi connectivity index (χ0n) is 11.3. The summed E-state index contributed by atoms with van der Waals surface area (Å²) in [4.78, 5) is 25.6. The Bertz CT molecular complexity index is 398. The van der Waals surface area contributed by atoms with Gasteiger partial charge in [0.25, 0.3) is 0 Å². The fourth-order valence-electron chi connectivity index (χ4n) is 3.94. The number of ketones is 1. The van der Waals surface area contributed by atoms with Gasteiger partial charge >= 0.3 is 6.09 Å². The Morgan fingerprint density at radius 2 is 1.94 bits per heavy atom. The Labute approximate surface area is 108 Å². The molecule has 18 heavy (non-hydrogen) atoms. The van der Waals surface area contributed by atoms with Gasteiger partial charge in [-0.25, -0.2) is 4.79 Å². The largest absolute Gasteiger partial charge is 0.444 e. The summed E-state index contributed by atoms with van der Waals surface area (Å²) in [6.45, 7) is 7.15. The molecule has 3 aliphatic rings. The second kappa shape index (κ2) is 3.72. The number of amides is 1. The fraction of sp³-hybridized carbons (Fsp3) is 0.857. The Balaban J connectivity index is 1.67. The highest BCUT2D eigenvalue weighted by Gasteiger charge is 2.56. The van der Waals surface area contributed by atoms with Crippen molar-refractivity contribution in [1.29, 1.82) is 0 Å². The summed E-state index contributed by atoms with van der Waals surface area (Å²) in [7, 11) is 0. The van der Waals surface area contributed by atoms with Crippen LogP contribution in [0.3, 0.4) is 0 Å². The molecule has 0 aromatic rings. The Kier molecular flexibility index (Phi) is 2.48. The summed E-state index contributed by atoms with van der Waals surface area (Å²) in [5, 5.41) is 0. The van der Waals surface area contributed by atoms with Gasteiger partial charge < -0.3 is 9.64 Å². The van der Waals surface area contributed by atoms with Gasteiger partial charge in [-0.15, -0.1) is 0 Å². The van der Waals surface area contributed by atoms with E-state index in [0.29, 0.717) is 30.1 Å². The van der Waals surface area contributed by atoms with Crippen LogP contribution in [-0.4, -0.2) is 35.5 Å². The highest BCUT2D eigenvalue weighted by atomic mass is 16.6. The molecule has 3 rings (SSSR count). The second-order valence-electron chi connectivity index (χ2n) is 6.99. The number of hydrogen-bond acceptors (Lipinski definition) is 3. The van der Waals surface area contributed by atoms with Crippen molar-refractivity contribution in [3.8, 4) is 0 Å². The molecule has 0 aromatic heterocycles. The molecule has 0 unspecified atom stereocenters. The van der Waals surface area contributed by atoms with Crippen LogP contribution in [0.1, 0.15) is 33.6 Å². The lowest BCUT2D eigenvalue weighted by atomic mass is 9.81. The smallest absolute Gasteiger partial charge is 0.410 e. The van der Waals surface area contributed by atoms with E-state index in [9.17, 15) is 9.59 Å². The highest BCUT2D eigenvalue weighted by molar-refractivity contribution is 5.85. The molecule has 1 heterocycles. The maximum Gasteiger partial charge on any atom is 0.410 e. The van der Waals surface area contributed by atoms with Gasteiger partial charge in [0.2, 0.25) is 0 Å². The van der Waals surface area contributed by atoms with Crippen LogP contribution >= 0.6 is 0 Å². The first-order valence-electron chi connectivity index (χ1n) is 6.86. The first kappa shape index (κ1) is 12.0. The molecule has 4 nitrogen and oxygen atoms in total. The van der Waals surface area contributed by atoms with Gasteiger partial charge in [-0.3, -0.25) is 4.79 Å². The number of Topliss-reactive ketones (excluding diaryl/α,β-unsaturated/α-hetero) is 1. The Morgan fingerprint density at radius 3 is 2.61 bits per heavy atom. The summed E-state index contributed by atoms with van der Waals surface area (Å²) in [5.74, 6) is 2.13. The van der Waals surface area contributed by atoms with Gasteiger partial charge in [0.05, 0.1) is 0 Å². The molecule has 2 saturated carbocycles. The van der Waals surface area contributed by atoms with Crippen molar-refractivity contribution in [2.45, 2.75) is 39.2 Å². The van der Waals surface area contributed by atoms with Crippen molar-refractivity contribution in [1.82, 2.24) is 4.90 Å². The third kappa shape index (κ3) is 1.82. The van der Waals surface area contributed by atoms with Gasteiger partial charge in [0.1, 0.15) is 11.4 Å². The van der Waals surface area contributed by atoms with E-state index >= 15 is 0 Å². The maximum atomic E-state index is 12.0. The number of carbonyl (C=O) groups excluding carboxylic acids is 2. The molecule has 0 aromatic carbocycles. The van der Waals surface area contributed by atoms with Crippen LogP contribution in [-0.2, 0) is 9.53 Å². The fourth-order valence-corrected chi connectivity index (χ4v) is 3.94. The van der Waals surface area contributed by atoms with E-state index in [0.717, 1.165) is 19.4 Å². The van der Waals surface area contributed by atoms with Gasteiger partial charge in [-0.1, -0.05) is 0 Å². The number of carbonyl (C=O) groups is 2. The van der Waals surface area contributed by atoms with Crippen molar-refractivity contribution in [3.05, 3.63) is 0 Å². The minimum atomic E-state index is -0.441. The van der Waals surface area contributed by atoms with Gasteiger partial charge in [0, 0.05) is 25.4 Å². The molecule has 1 amide bonds. The molecule has 1 aliphatic heterocycles. The van der Waals surface area contributed by atoms with Crippen LogP contribution < -0.4 is 0 Å². The third-order valence-corrected chi connectivity index (χ3v) is 4.62. The van der Waals surface area contributed by atoms with Crippen molar-refractivity contribution in [2.24, 2.45) is 23.7 Å². The average molecular weight is 251 g/mol. The molecule has 2 bridgehead atoms. The zero-order valence-corrected chi connectivity index (χ0v) is 11.3. The average Bonchev–Trinajstić information content (AvgIpc) is 2.82. The quantitative estimate of drug-likeness (QED) is 0.662. The Morgan fingerprint density at radius 1 is 1.28 bits per heavy atom. The van der Waals surface area contributed by atoms with E-state index < -0.39 is 5.60 Å². The molecule has 0 spiro atoms. The van der Waals surface area contributed by atoms with E-state index in [-0.39, 0.29) is 12.0 Å². The first-order chi connectivity index (χ1) is 8.35. The molecule has 100 valence electrons. The third-order valence-electron chi connectivity index (χ3n) is 4.62. The molecule has 4 heteroatoms. The normalized spacial score (nSPS) is 38.2. The molecular weight excluding hydrogens is 230 g/mol. The van der Waals surface area contributed by atoms with Crippen LogP contribution in [0.15, 0.2) is 0 Å². The predicted molar refractivity (Wildman–Crippen MR) is 66.0 cm³/mol. The van der Waals surface area contributed by atoms with Gasteiger partial charge in [-0.05, 0) is 44.9 Å². The van der Waals surface area contributed by atoms with Crippen molar-refractivity contribution in [3.63, 3.8) is 0 Å². The lowest BCUT2D eigenvalue weighted by Crippen LogP contribution is -2.36. The molecule has 3 fully saturated rings. The number of fused-ring (bicyclic) bond motifs is 5. The van der Waals surface area contributed by atoms with E-state index in [1.54, 1.807) is 4.90 Å². The maximum absolute atomic E-state index is 12.0. The van der Waals surface area contributed by atoms with Crippen LogP contribution in [0.4, 0.5) is 4.79 Å². The summed E-state index contributed by atoms with van der Waals surface area (Å²) < 4.78 is 5.41. The first-order valence-corrected chi connectivity index (χ1v) is 6.86. The van der Waals surface area contributed by atoms with Crippen LogP contribution in [0.5, 0.6) is 0 Å². The summed E-state index contributed by atoms with van der Waals surface area (Å²) >= 11 is 0. The molecule has 0 N–H and O–H groups in total. The van der Waals surface area contributed by atoms with Crippen molar-refractivity contribution < 1.29 is 14.3 Å². The van der Waals surface area contributed by atoms with Crippen molar-refractivity contribution >= 4 is 11.9 Å². The molecule has 4 atom stereocenters. The van der Waals surface area contributed by atoms with Gasteiger partial charge in [-0.2, -0.15) is 0 Å². The van der Waals surface area contributed by atoms with Gasteiger partial charge in [0.15, 0.2) is 0 Å². The number of likely N-dealkylation sites (tertiary alicyclic amines) is 1. The number of hydrogen-bond donors (Lipinski definition) is 0. The lowest BCUT2D eigenvalue weighted by molar-refractivity contribution is -0.123. The predicted octanol–water partition coefficient (Wildman–Crippen LogP) is 2.08. The standard InChI is InChI=1S/C14H21NO3/c1-14(2,3)18-13(17)15-6-10-8-4-9(11(10)7-15)12(16)5-8/h8-11H,4-7H2,1-3H3/t8-,9-,10+,11-/m1/s1. The minimum absolute atomic E-state index is 0.219. The van der Waals surface area contributed by atoms with Crippen LogP contribution in [0.25, 0.3) is 0 Å². The SMILES string of the molecule is CC(C)(C)OC(=O)N1C[C@H]2[C@H]3CC(=O)[C@H](C3)[C@H]2C1. The topological polar surface area (TPSA) is 46.6 Å². The molecule has 1 saturated heterocycles. The molecular formula is C14H21NO3. The monoisotopic (exact) mass is 251 g/mol. The van der Waals surface area contributed by atoms with Crippen molar-refractivity contribution in [2.75, 3.05) is 13.1 Å². The summed E-state index contributed by atoms with van der Waals surface area (Å²) in [5.41, 5.74) is -0.441. The lowest BCUT2D eigenvalue weighted by Gasteiger charge is -2.25. The summed E-state index contributed by atoms with van der Waals surface area (Å²) in [6.07, 6.45) is 1.59. The molecule has 0 radical (unpaired) electrons. The van der Waals surface area contributed by atoms with E-state index in [4.69, 9.17) is 4.74 Å². The van der Waals surface area contributed by atoms with Crippen LogP contribution in [0.2, 0.25) is 0 Å². The summed E-state index contributed by atoms with van der Waals surface area (Å²) in [6, 6.07) is 0. The molecule has 2 aliphatic carbocycles.